The van der Waals surface area contributed by atoms with Gasteiger partial charge < -0.3 is 10.1 Å². The number of carbonyl (C=O) groups excluding carboxylic acids is 1. The minimum absolute atomic E-state index is 0.0991. The average molecular weight is 287 g/mol. The first-order valence-electron chi connectivity index (χ1n) is 6.74. The van der Waals surface area contributed by atoms with Crippen molar-refractivity contribution < 1.29 is 13.9 Å². The smallest absolute Gasteiger partial charge is 0.217 e. The highest BCUT2D eigenvalue weighted by Gasteiger charge is 2.13. The number of rotatable bonds is 5. The number of carbonyl (C=O) groups is 1. The fraction of sp³-hybridized carbons (Fsp3) is 0.235. The quantitative estimate of drug-likeness (QED) is 0.916. The number of hydrogen-bond donors (Lipinski definition) is 1. The predicted octanol–water partition coefficient (Wildman–Crippen LogP) is 3.25. The number of methoxy groups -OCH3 is 1. The second kappa shape index (κ2) is 6.88. The molecule has 0 aliphatic heterocycles. The minimum Gasteiger partial charge on any atom is -0.497 e. The van der Waals surface area contributed by atoms with E-state index in [-0.39, 0.29) is 17.8 Å². The highest BCUT2D eigenvalue weighted by Crippen LogP contribution is 2.21. The van der Waals surface area contributed by atoms with Crippen LogP contribution in [-0.4, -0.2) is 13.0 Å². The molecule has 1 atom stereocenters. The monoisotopic (exact) mass is 287 g/mol. The van der Waals surface area contributed by atoms with Gasteiger partial charge in [0, 0.05) is 6.92 Å². The van der Waals surface area contributed by atoms with E-state index < -0.39 is 0 Å². The van der Waals surface area contributed by atoms with Gasteiger partial charge in [0.05, 0.1) is 13.2 Å². The van der Waals surface area contributed by atoms with Gasteiger partial charge in [-0.15, -0.1) is 0 Å². The Bertz CT molecular complexity index is 593. The van der Waals surface area contributed by atoms with Crippen LogP contribution < -0.4 is 10.1 Å². The number of hydrogen-bond acceptors (Lipinski definition) is 2. The third-order valence-corrected chi connectivity index (χ3v) is 3.25. The van der Waals surface area contributed by atoms with E-state index in [4.69, 9.17) is 4.74 Å². The Morgan fingerprint density at radius 2 is 1.76 bits per heavy atom. The molecule has 0 aliphatic carbocycles. The molecule has 21 heavy (non-hydrogen) atoms. The lowest BCUT2D eigenvalue weighted by Crippen LogP contribution is -2.27. The molecule has 0 spiro atoms. The third kappa shape index (κ3) is 4.31. The molecule has 0 heterocycles. The molecule has 0 aromatic heterocycles. The first kappa shape index (κ1) is 15.0. The van der Waals surface area contributed by atoms with Crippen molar-refractivity contribution in [3.05, 3.63) is 65.5 Å². The summed E-state index contributed by atoms with van der Waals surface area (Å²) in [5, 5.41) is 2.92. The van der Waals surface area contributed by atoms with Crippen molar-refractivity contribution in [1.29, 1.82) is 0 Å². The Hall–Kier alpha value is -2.36. The summed E-state index contributed by atoms with van der Waals surface area (Å²) in [6.45, 7) is 1.49. The van der Waals surface area contributed by atoms with Crippen molar-refractivity contribution in [3.63, 3.8) is 0 Å². The summed E-state index contributed by atoms with van der Waals surface area (Å²) in [5.74, 6) is 0.402. The number of nitrogens with one attached hydrogen (secondary N) is 1. The fourth-order valence-electron chi connectivity index (χ4n) is 2.19. The fourth-order valence-corrected chi connectivity index (χ4v) is 2.19. The van der Waals surface area contributed by atoms with Gasteiger partial charge in [0.1, 0.15) is 11.6 Å². The molecule has 2 rings (SSSR count). The van der Waals surface area contributed by atoms with Crippen LogP contribution in [0, 0.1) is 5.82 Å². The largest absolute Gasteiger partial charge is 0.497 e. The molecule has 1 amide bonds. The molecule has 0 fully saturated rings. The lowest BCUT2D eigenvalue weighted by atomic mass is 9.98. The van der Waals surface area contributed by atoms with Crippen molar-refractivity contribution in [1.82, 2.24) is 5.32 Å². The maximum Gasteiger partial charge on any atom is 0.217 e. The molecule has 1 N–H and O–H groups in total. The van der Waals surface area contributed by atoms with Gasteiger partial charge in [0.25, 0.3) is 0 Å². The molecule has 2 aromatic rings. The summed E-state index contributed by atoms with van der Waals surface area (Å²) >= 11 is 0. The van der Waals surface area contributed by atoms with Gasteiger partial charge >= 0.3 is 0 Å². The lowest BCUT2D eigenvalue weighted by molar-refractivity contribution is -0.119. The summed E-state index contributed by atoms with van der Waals surface area (Å²) in [7, 11) is 1.61. The van der Waals surface area contributed by atoms with Gasteiger partial charge in [-0.05, 0) is 41.8 Å². The molecule has 1 unspecified atom stereocenters. The summed E-state index contributed by atoms with van der Waals surface area (Å²) in [6, 6.07) is 13.7. The summed E-state index contributed by atoms with van der Waals surface area (Å²) in [4.78, 5) is 11.4. The van der Waals surface area contributed by atoms with Crippen LogP contribution in [-0.2, 0) is 11.2 Å². The molecule has 0 saturated carbocycles. The van der Waals surface area contributed by atoms with Crippen molar-refractivity contribution in [2.45, 2.75) is 19.4 Å². The molecule has 2 aromatic carbocycles. The Kier molecular flexibility index (Phi) is 4.93. The van der Waals surface area contributed by atoms with Crippen LogP contribution in [0.15, 0.2) is 48.5 Å². The second-order valence-electron chi connectivity index (χ2n) is 4.86. The zero-order valence-corrected chi connectivity index (χ0v) is 12.1. The Morgan fingerprint density at radius 1 is 1.14 bits per heavy atom. The first-order valence-corrected chi connectivity index (χ1v) is 6.74. The van der Waals surface area contributed by atoms with Crippen molar-refractivity contribution >= 4 is 5.91 Å². The molecule has 110 valence electrons. The summed E-state index contributed by atoms with van der Waals surface area (Å²) in [6.07, 6.45) is 0.603. The van der Waals surface area contributed by atoms with Crippen LogP contribution in [0.25, 0.3) is 0 Å². The summed E-state index contributed by atoms with van der Waals surface area (Å²) < 4.78 is 18.1. The van der Waals surface area contributed by atoms with Crippen LogP contribution in [0.2, 0.25) is 0 Å². The van der Waals surface area contributed by atoms with E-state index in [9.17, 15) is 9.18 Å². The maximum atomic E-state index is 13.0. The zero-order valence-electron chi connectivity index (χ0n) is 12.1. The van der Waals surface area contributed by atoms with Crippen LogP contribution in [0.1, 0.15) is 24.1 Å². The van der Waals surface area contributed by atoms with Gasteiger partial charge in [-0.3, -0.25) is 4.79 Å². The van der Waals surface area contributed by atoms with Gasteiger partial charge in [0.2, 0.25) is 5.91 Å². The SMILES string of the molecule is COc1ccc(C(Cc2ccc(F)cc2)NC(C)=O)cc1. The summed E-state index contributed by atoms with van der Waals surface area (Å²) in [5.41, 5.74) is 1.95. The van der Waals surface area contributed by atoms with Gasteiger partial charge in [-0.2, -0.15) is 0 Å². The van der Waals surface area contributed by atoms with Crippen molar-refractivity contribution in [2.24, 2.45) is 0 Å². The Labute approximate surface area is 123 Å². The second-order valence-corrected chi connectivity index (χ2v) is 4.86. The van der Waals surface area contributed by atoms with Crippen molar-refractivity contribution in [2.75, 3.05) is 7.11 Å². The molecular weight excluding hydrogens is 269 g/mol. The van der Waals surface area contributed by atoms with E-state index in [1.807, 2.05) is 24.3 Å². The van der Waals surface area contributed by atoms with E-state index in [0.29, 0.717) is 6.42 Å². The number of amides is 1. The molecule has 0 saturated heterocycles. The standard InChI is InChI=1S/C17H18FNO2/c1-12(20)19-17(11-13-3-7-15(18)8-4-13)14-5-9-16(21-2)10-6-14/h3-10,17H,11H2,1-2H3,(H,19,20). The number of halogens is 1. The maximum absolute atomic E-state index is 13.0. The Morgan fingerprint density at radius 3 is 2.29 bits per heavy atom. The molecular formula is C17H18FNO2. The molecule has 0 aliphatic rings. The van der Waals surface area contributed by atoms with E-state index >= 15 is 0 Å². The third-order valence-electron chi connectivity index (χ3n) is 3.25. The van der Waals surface area contributed by atoms with E-state index in [1.54, 1.807) is 19.2 Å². The highest BCUT2D eigenvalue weighted by molar-refractivity contribution is 5.73. The van der Waals surface area contributed by atoms with E-state index in [2.05, 4.69) is 5.32 Å². The van der Waals surface area contributed by atoms with Gasteiger partial charge in [0.15, 0.2) is 0 Å². The van der Waals surface area contributed by atoms with Crippen LogP contribution >= 0.6 is 0 Å². The van der Waals surface area contributed by atoms with E-state index in [1.165, 1.54) is 19.1 Å². The van der Waals surface area contributed by atoms with Crippen LogP contribution in [0.5, 0.6) is 5.75 Å². The van der Waals surface area contributed by atoms with Crippen LogP contribution in [0.4, 0.5) is 4.39 Å². The zero-order chi connectivity index (χ0) is 15.2. The highest BCUT2D eigenvalue weighted by atomic mass is 19.1. The number of ether oxygens (including phenoxy) is 1. The lowest BCUT2D eigenvalue weighted by Gasteiger charge is -2.19. The van der Waals surface area contributed by atoms with Crippen LogP contribution in [0.3, 0.4) is 0 Å². The molecule has 0 radical (unpaired) electrons. The Balaban J connectivity index is 2.20. The molecule has 3 nitrogen and oxygen atoms in total. The topological polar surface area (TPSA) is 38.3 Å². The average Bonchev–Trinajstić information content (AvgIpc) is 2.48. The minimum atomic E-state index is -0.265. The molecule has 0 bridgehead atoms. The van der Waals surface area contributed by atoms with Gasteiger partial charge in [-0.1, -0.05) is 24.3 Å². The van der Waals surface area contributed by atoms with E-state index in [0.717, 1.165) is 16.9 Å². The molecule has 4 heteroatoms. The predicted molar refractivity (Wildman–Crippen MR) is 79.7 cm³/mol. The number of benzene rings is 2. The first-order chi connectivity index (χ1) is 10.1. The normalized spacial score (nSPS) is 11.8. The van der Waals surface area contributed by atoms with Crippen molar-refractivity contribution in [3.8, 4) is 5.75 Å². The van der Waals surface area contributed by atoms with Gasteiger partial charge in [-0.25, -0.2) is 4.39 Å².